The first kappa shape index (κ1) is 14.9. The van der Waals surface area contributed by atoms with Gasteiger partial charge in [-0.1, -0.05) is 6.92 Å². The van der Waals surface area contributed by atoms with E-state index in [1.165, 1.54) is 0 Å². The molecule has 1 fully saturated rings. The summed E-state index contributed by atoms with van der Waals surface area (Å²) in [6, 6.07) is 0.188. The predicted molar refractivity (Wildman–Crippen MR) is 77.1 cm³/mol. The monoisotopic (exact) mass is 299 g/mol. The van der Waals surface area contributed by atoms with Crippen molar-refractivity contribution in [2.75, 3.05) is 25.0 Å². The van der Waals surface area contributed by atoms with Crippen LogP contribution in [0.15, 0.2) is 6.20 Å². The number of hydrogen-bond acceptors (Lipinski definition) is 6. The van der Waals surface area contributed by atoms with Gasteiger partial charge in [0.1, 0.15) is 6.20 Å². The molecule has 7 nitrogen and oxygen atoms in total. The molecule has 2 heterocycles. The molecular formula is C12H18ClN5O2. The summed E-state index contributed by atoms with van der Waals surface area (Å²) in [6.45, 7) is 5.26. The van der Waals surface area contributed by atoms with Crippen LogP contribution < -0.4 is 5.32 Å². The minimum Gasteiger partial charge on any atom is -0.361 e. The number of likely N-dealkylation sites (tertiary alicyclic amines) is 1. The lowest BCUT2D eigenvalue weighted by Gasteiger charge is -2.32. The Kier molecular flexibility index (Phi) is 5.08. The number of halogens is 1. The van der Waals surface area contributed by atoms with Gasteiger partial charge in [0.05, 0.1) is 4.92 Å². The molecule has 1 N–H and O–H groups in total. The minimum absolute atomic E-state index is 0.0153. The van der Waals surface area contributed by atoms with Crippen LogP contribution in [0.25, 0.3) is 0 Å². The Labute approximate surface area is 122 Å². The Morgan fingerprint density at radius 1 is 1.55 bits per heavy atom. The van der Waals surface area contributed by atoms with Crippen LogP contribution in [0.5, 0.6) is 0 Å². The van der Waals surface area contributed by atoms with Crippen molar-refractivity contribution in [1.29, 1.82) is 0 Å². The molecule has 0 unspecified atom stereocenters. The van der Waals surface area contributed by atoms with Crippen LogP contribution in [-0.2, 0) is 0 Å². The summed E-state index contributed by atoms with van der Waals surface area (Å²) in [5.41, 5.74) is -0.134. The fourth-order valence-electron chi connectivity index (χ4n) is 2.40. The molecule has 0 amide bonds. The van der Waals surface area contributed by atoms with Crippen LogP contribution in [0.4, 0.5) is 11.5 Å². The van der Waals surface area contributed by atoms with Gasteiger partial charge in [0.25, 0.3) is 0 Å². The van der Waals surface area contributed by atoms with Crippen molar-refractivity contribution < 1.29 is 4.92 Å². The second-order valence-electron chi connectivity index (χ2n) is 4.89. The molecule has 1 aromatic heterocycles. The van der Waals surface area contributed by atoms with Gasteiger partial charge in [-0.3, -0.25) is 10.1 Å². The van der Waals surface area contributed by atoms with Crippen LogP contribution in [0.2, 0.25) is 5.28 Å². The predicted octanol–water partition coefficient (Wildman–Crippen LogP) is 2.32. The van der Waals surface area contributed by atoms with E-state index in [1.54, 1.807) is 0 Å². The lowest BCUT2D eigenvalue weighted by molar-refractivity contribution is -0.384. The molecule has 1 aliphatic heterocycles. The third-order valence-electron chi connectivity index (χ3n) is 3.40. The highest BCUT2D eigenvalue weighted by Crippen LogP contribution is 2.24. The van der Waals surface area contributed by atoms with Crippen molar-refractivity contribution >= 4 is 23.1 Å². The molecule has 0 saturated carbocycles. The Balaban J connectivity index is 2.00. The van der Waals surface area contributed by atoms with Gasteiger partial charge in [-0.05, 0) is 37.4 Å². The highest BCUT2D eigenvalue weighted by Gasteiger charge is 2.23. The number of piperidine rings is 1. The first-order chi connectivity index (χ1) is 9.60. The molecule has 20 heavy (non-hydrogen) atoms. The largest absolute Gasteiger partial charge is 0.361 e. The average molecular weight is 300 g/mol. The summed E-state index contributed by atoms with van der Waals surface area (Å²) in [5, 5.41) is 14.1. The van der Waals surface area contributed by atoms with Gasteiger partial charge < -0.3 is 10.2 Å². The number of nitrogens with zero attached hydrogens (tertiary/aromatic N) is 4. The van der Waals surface area contributed by atoms with Crippen molar-refractivity contribution in [3.05, 3.63) is 21.6 Å². The Bertz CT molecular complexity index is 477. The van der Waals surface area contributed by atoms with Crippen molar-refractivity contribution in [3.63, 3.8) is 0 Å². The van der Waals surface area contributed by atoms with E-state index in [0.717, 1.165) is 45.1 Å². The number of nitrogens with one attached hydrogen (secondary N) is 1. The van der Waals surface area contributed by atoms with E-state index in [9.17, 15) is 10.1 Å². The molecular weight excluding hydrogens is 282 g/mol. The molecule has 1 aliphatic rings. The average Bonchev–Trinajstić information content (AvgIpc) is 2.41. The van der Waals surface area contributed by atoms with Crippen LogP contribution in [0.1, 0.15) is 26.2 Å². The third kappa shape index (κ3) is 3.77. The Morgan fingerprint density at radius 3 is 2.85 bits per heavy atom. The van der Waals surface area contributed by atoms with Crippen LogP contribution in [0.3, 0.4) is 0 Å². The zero-order valence-electron chi connectivity index (χ0n) is 11.4. The van der Waals surface area contributed by atoms with Crippen molar-refractivity contribution in [2.45, 2.75) is 32.2 Å². The number of aromatic nitrogens is 2. The Morgan fingerprint density at radius 2 is 2.25 bits per heavy atom. The summed E-state index contributed by atoms with van der Waals surface area (Å²) in [5.74, 6) is 0.212. The summed E-state index contributed by atoms with van der Waals surface area (Å²) in [4.78, 5) is 20.4. The molecule has 110 valence electrons. The maximum absolute atomic E-state index is 10.9. The maximum atomic E-state index is 10.9. The second-order valence-corrected chi connectivity index (χ2v) is 5.23. The van der Waals surface area contributed by atoms with E-state index >= 15 is 0 Å². The second kappa shape index (κ2) is 6.81. The summed E-state index contributed by atoms with van der Waals surface area (Å²) in [6.07, 6.45) is 4.17. The van der Waals surface area contributed by atoms with E-state index in [1.807, 2.05) is 0 Å². The number of hydrogen-bond donors (Lipinski definition) is 1. The Hall–Kier alpha value is -1.47. The fraction of sp³-hybridized carbons (Fsp3) is 0.667. The van der Waals surface area contributed by atoms with Gasteiger partial charge in [-0.15, -0.1) is 0 Å². The number of anilines is 1. The topological polar surface area (TPSA) is 84.2 Å². The smallest absolute Gasteiger partial charge is 0.329 e. The molecule has 0 spiro atoms. The zero-order chi connectivity index (χ0) is 14.5. The number of rotatable bonds is 5. The SMILES string of the molecule is CCCN1CCC(Nc2nc(Cl)ncc2[N+](=O)[O-])CC1. The molecule has 1 saturated heterocycles. The zero-order valence-corrected chi connectivity index (χ0v) is 12.1. The van der Waals surface area contributed by atoms with E-state index < -0.39 is 4.92 Å². The van der Waals surface area contributed by atoms with E-state index in [-0.39, 0.29) is 22.8 Å². The molecule has 0 aliphatic carbocycles. The van der Waals surface area contributed by atoms with Crippen molar-refractivity contribution in [3.8, 4) is 0 Å². The molecule has 8 heteroatoms. The molecule has 1 aromatic rings. The summed E-state index contributed by atoms with van der Waals surface area (Å²) < 4.78 is 0. The highest BCUT2D eigenvalue weighted by molar-refractivity contribution is 6.28. The van der Waals surface area contributed by atoms with Gasteiger partial charge in [-0.25, -0.2) is 4.98 Å². The fourth-order valence-corrected chi connectivity index (χ4v) is 2.54. The van der Waals surface area contributed by atoms with Crippen molar-refractivity contribution in [1.82, 2.24) is 14.9 Å². The van der Waals surface area contributed by atoms with Crippen LogP contribution in [0, 0.1) is 10.1 Å². The van der Waals surface area contributed by atoms with Gasteiger partial charge in [0.2, 0.25) is 11.1 Å². The molecule has 0 aromatic carbocycles. The lowest BCUT2D eigenvalue weighted by Crippen LogP contribution is -2.39. The molecule has 0 atom stereocenters. The minimum atomic E-state index is -0.495. The van der Waals surface area contributed by atoms with E-state index in [0.29, 0.717) is 0 Å². The van der Waals surface area contributed by atoms with Crippen molar-refractivity contribution in [2.24, 2.45) is 0 Å². The third-order valence-corrected chi connectivity index (χ3v) is 3.59. The molecule has 0 bridgehead atoms. The first-order valence-electron chi connectivity index (χ1n) is 6.76. The van der Waals surface area contributed by atoms with E-state index in [4.69, 9.17) is 11.6 Å². The molecule has 0 radical (unpaired) electrons. The van der Waals surface area contributed by atoms with Gasteiger partial charge in [0, 0.05) is 19.1 Å². The normalized spacial score (nSPS) is 17.1. The quantitative estimate of drug-likeness (QED) is 0.510. The van der Waals surface area contributed by atoms with Gasteiger partial charge in [-0.2, -0.15) is 4.98 Å². The van der Waals surface area contributed by atoms with Gasteiger partial charge >= 0.3 is 5.69 Å². The molecule has 2 rings (SSSR count). The van der Waals surface area contributed by atoms with Gasteiger partial charge in [0.15, 0.2) is 0 Å². The number of nitro groups is 1. The summed E-state index contributed by atoms with van der Waals surface area (Å²) in [7, 11) is 0. The van der Waals surface area contributed by atoms with Crippen LogP contribution in [-0.4, -0.2) is 45.5 Å². The highest BCUT2D eigenvalue weighted by atomic mass is 35.5. The summed E-state index contributed by atoms with van der Waals surface area (Å²) >= 11 is 5.71. The maximum Gasteiger partial charge on any atom is 0.329 e. The van der Waals surface area contributed by atoms with Crippen LogP contribution >= 0.6 is 11.6 Å². The lowest BCUT2D eigenvalue weighted by atomic mass is 10.0. The van der Waals surface area contributed by atoms with E-state index in [2.05, 4.69) is 27.1 Å². The standard InChI is InChI=1S/C12H18ClN5O2/c1-2-5-17-6-3-9(4-7-17)15-11-10(18(19)20)8-14-12(13)16-11/h8-9H,2-7H2,1H3,(H,14,15,16). The first-order valence-corrected chi connectivity index (χ1v) is 7.13.